The minimum atomic E-state index is 1.01. The van der Waals surface area contributed by atoms with Crippen molar-refractivity contribution in [3.63, 3.8) is 0 Å². The quantitative estimate of drug-likeness (QED) is 0.784. The summed E-state index contributed by atoms with van der Waals surface area (Å²) in [4.78, 5) is 0. The zero-order valence-electron chi connectivity index (χ0n) is 13.5. The van der Waals surface area contributed by atoms with E-state index in [9.17, 15) is 0 Å². The first-order valence-electron chi connectivity index (χ1n) is 7.73. The summed E-state index contributed by atoms with van der Waals surface area (Å²) >= 11 is 1.73. The fourth-order valence-electron chi connectivity index (χ4n) is 2.64. The van der Waals surface area contributed by atoms with Gasteiger partial charge in [-0.15, -0.1) is 10.2 Å². The van der Waals surface area contributed by atoms with Gasteiger partial charge in [-0.05, 0) is 57.8 Å². The lowest BCUT2D eigenvalue weighted by molar-refractivity contribution is 0.637. The summed E-state index contributed by atoms with van der Waals surface area (Å²) in [5, 5.41) is 14.4. The van der Waals surface area contributed by atoms with Crippen LogP contribution in [0.2, 0.25) is 0 Å². The Morgan fingerprint density at radius 2 is 1.76 bits per heavy atom. The van der Waals surface area contributed by atoms with Crippen LogP contribution in [0.25, 0.3) is 10.6 Å². The Morgan fingerprint density at radius 1 is 1.05 bits per heavy atom. The van der Waals surface area contributed by atoms with Crippen LogP contribution in [0.3, 0.4) is 0 Å². The molecule has 0 amide bonds. The molecular weight excluding hydrogens is 278 g/mol. The molecule has 0 atom stereocenters. The summed E-state index contributed by atoms with van der Waals surface area (Å²) in [6.45, 7) is 10.8. The molecule has 1 N–H and O–H groups in total. The molecular formula is C17H25N3S. The van der Waals surface area contributed by atoms with E-state index >= 15 is 0 Å². The van der Waals surface area contributed by atoms with Gasteiger partial charge < -0.3 is 5.32 Å². The van der Waals surface area contributed by atoms with E-state index in [1.807, 2.05) is 0 Å². The van der Waals surface area contributed by atoms with Crippen molar-refractivity contribution >= 4 is 11.3 Å². The highest BCUT2D eigenvalue weighted by Gasteiger charge is 2.12. The van der Waals surface area contributed by atoms with Gasteiger partial charge in [0.25, 0.3) is 0 Å². The fraction of sp³-hybridized carbons (Fsp3) is 0.529. The number of hydrogen-bond donors (Lipinski definition) is 1. The zero-order valence-corrected chi connectivity index (χ0v) is 14.3. The monoisotopic (exact) mass is 303 g/mol. The van der Waals surface area contributed by atoms with E-state index in [0.717, 1.165) is 35.9 Å². The van der Waals surface area contributed by atoms with Gasteiger partial charge in [0, 0.05) is 12.0 Å². The van der Waals surface area contributed by atoms with Crippen molar-refractivity contribution in [2.24, 2.45) is 0 Å². The molecule has 0 aliphatic rings. The van der Waals surface area contributed by atoms with Crippen LogP contribution in [0.1, 0.15) is 41.5 Å². The number of aromatic nitrogens is 2. The van der Waals surface area contributed by atoms with Gasteiger partial charge in [-0.2, -0.15) is 0 Å². The maximum atomic E-state index is 4.40. The molecule has 114 valence electrons. The molecule has 0 unspecified atom stereocenters. The molecule has 0 radical (unpaired) electrons. The minimum Gasteiger partial charge on any atom is -0.317 e. The highest BCUT2D eigenvalue weighted by molar-refractivity contribution is 7.14. The molecule has 1 aromatic heterocycles. The van der Waals surface area contributed by atoms with Gasteiger partial charge in [0.15, 0.2) is 0 Å². The van der Waals surface area contributed by atoms with Gasteiger partial charge in [-0.1, -0.05) is 36.0 Å². The number of aryl methyl sites for hydroxylation is 4. The van der Waals surface area contributed by atoms with E-state index < -0.39 is 0 Å². The van der Waals surface area contributed by atoms with Crippen molar-refractivity contribution < 1.29 is 0 Å². The third-order valence-electron chi connectivity index (χ3n) is 3.53. The fourth-order valence-corrected chi connectivity index (χ4v) is 3.70. The molecule has 0 bridgehead atoms. The second kappa shape index (κ2) is 7.66. The van der Waals surface area contributed by atoms with Crippen molar-refractivity contribution in [3.05, 3.63) is 33.8 Å². The summed E-state index contributed by atoms with van der Waals surface area (Å²) in [6.07, 6.45) is 3.33. The van der Waals surface area contributed by atoms with Crippen LogP contribution in [-0.2, 0) is 6.42 Å². The Hall–Kier alpha value is -1.26. The Kier molecular flexibility index (Phi) is 5.88. The Labute approximate surface area is 131 Å². The molecule has 1 aromatic carbocycles. The van der Waals surface area contributed by atoms with Crippen LogP contribution in [0.15, 0.2) is 12.1 Å². The highest BCUT2D eigenvalue weighted by Crippen LogP contribution is 2.30. The standard InChI is InChI=1S/C17H25N3S/c1-5-8-18-9-6-7-15-19-20-17(21-15)16-13(3)10-12(2)11-14(16)4/h10-11,18H,5-9H2,1-4H3. The van der Waals surface area contributed by atoms with E-state index in [4.69, 9.17) is 0 Å². The lowest BCUT2D eigenvalue weighted by Gasteiger charge is -2.07. The van der Waals surface area contributed by atoms with E-state index in [1.54, 1.807) is 11.3 Å². The van der Waals surface area contributed by atoms with Crippen LogP contribution < -0.4 is 5.32 Å². The SMILES string of the molecule is CCCNCCCc1nnc(-c2c(C)cc(C)cc2C)s1. The molecule has 2 aromatic rings. The minimum absolute atomic E-state index is 1.01. The van der Waals surface area contributed by atoms with E-state index in [0.29, 0.717) is 0 Å². The second-order valence-corrected chi connectivity index (χ2v) is 6.69. The molecule has 0 saturated heterocycles. The lowest BCUT2D eigenvalue weighted by Crippen LogP contribution is -2.16. The molecule has 0 spiro atoms. The Bertz CT molecular complexity index is 566. The zero-order chi connectivity index (χ0) is 15.2. The predicted molar refractivity (Wildman–Crippen MR) is 91.0 cm³/mol. The number of rotatable bonds is 7. The maximum Gasteiger partial charge on any atom is 0.148 e. The summed E-state index contributed by atoms with van der Waals surface area (Å²) in [5.41, 5.74) is 5.15. The summed E-state index contributed by atoms with van der Waals surface area (Å²) < 4.78 is 0. The third-order valence-corrected chi connectivity index (χ3v) is 4.53. The largest absolute Gasteiger partial charge is 0.317 e. The van der Waals surface area contributed by atoms with Crippen LogP contribution in [-0.4, -0.2) is 23.3 Å². The van der Waals surface area contributed by atoms with Crippen molar-refractivity contribution in [2.75, 3.05) is 13.1 Å². The van der Waals surface area contributed by atoms with Crippen LogP contribution >= 0.6 is 11.3 Å². The molecule has 0 fully saturated rings. The van der Waals surface area contributed by atoms with E-state index in [2.05, 4.69) is 55.3 Å². The van der Waals surface area contributed by atoms with Crippen molar-refractivity contribution in [1.29, 1.82) is 0 Å². The smallest absolute Gasteiger partial charge is 0.148 e. The van der Waals surface area contributed by atoms with Crippen LogP contribution in [0.5, 0.6) is 0 Å². The maximum absolute atomic E-state index is 4.40. The van der Waals surface area contributed by atoms with Gasteiger partial charge in [-0.3, -0.25) is 0 Å². The second-order valence-electron chi connectivity index (χ2n) is 5.63. The average molecular weight is 303 g/mol. The first-order chi connectivity index (χ1) is 10.1. The molecule has 2 rings (SSSR count). The molecule has 3 nitrogen and oxygen atoms in total. The van der Waals surface area contributed by atoms with Gasteiger partial charge in [-0.25, -0.2) is 0 Å². The highest BCUT2D eigenvalue weighted by atomic mass is 32.1. The number of nitrogens with zero attached hydrogens (tertiary/aromatic N) is 2. The molecule has 4 heteroatoms. The summed E-state index contributed by atoms with van der Waals surface area (Å²) in [7, 11) is 0. The first-order valence-corrected chi connectivity index (χ1v) is 8.54. The molecule has 21 heavy (non-hydrogen) atoms. The molecule has 0 saturated carbocycles. The molecule has 0 aliphatic heterocycles. The van der Waals surface area contributed by atoms with Gasteiger partial charge in [0.2, 0.25) is 0 Å². The number of benzene rings is 1. The van der Waals surface area contributed by atoms with Crippen molar-refractivity contribution in [1.82, 2.24) is 15.5 Å². The third kappa shape index (κ3) is 4.35. The number of nitrogens with one attached hydrogen (secondary N) is 1. The molecule has 1 heterocycles. The normalized spacial score (nSPS) is 11.0. The van der Waals surface area contributed by atoms with E-state index in [1.165, 1.54) is 28.7 Å². The topological polar surface area (TPSA) is 37.8 Å². The summed E-state index contributed by atoms with van der Waals surface area (Å²) in [6, 6.07) is 4.44. The van der Waals surface area contributed by atoms with Gasteiger partial charge >= 0.3 is 0 Å². The molecule has 0 aliphatic carbocycles. The Morgan fingerprint density at radius 3 is 2.43 bits per heavy atom. The first kappa shape index (κ1) is 16.1. The number of hydrogen-bond acceptors (Lipinski definition) is 4. The summed E-state index contributed by atoms with van der Waals surface area (Å²) in [5.74, 6) is 0. The van der Waals surface area contributed by atoms with Crippen molar-refractivity contribution in [2.45, 2.75) is 47.0 Å². The van der Waals surface area contributed by atoms with Crippen LogP contribution in [0, 0.1) is 20.8 Å². The van der Waals surface area contributed by atoms with Gasteiger partial charge in [0.1, 0.15) is 10.0 Å². The van der Waals surface area contributed by atoms with Crippen molar-refractivity contribution in [3.8, 4) is 10.6 Å². The van der Waals surface area contributed by atoms with Crippen LogP contribution in [0.4, 0.5) is 0 Å². The predicted octanol–water partition coefficient (Wildman–Crippen LogP) is 4.06. The van der Waals surface area contributed by atoms with E-state index in [-0.39, 0.29) is 0 Å². The lowest BCUT2D eigenvalue weighted by atomic mass is 10.0. The Balaban J connectivity index is 2.03. The average Bonchev–Trinajstić information content (AvgIpc) is 2.86. The van der Waals surface area contributed by atoms with Gasteiger partial charge in [0.05, 0.1) is 0 Å².